The minimum atomic E-state index is -4.43. The maximum atomic E-state index is 13.0. The minimum absolute atomic E-state index is 0.0718. The highest BCUT2D eigenvalue weighted by Gasteiger charge is 2.34. The minimum Gasteiger partial charge on any atom is -0.380 e. The first kappa shape index (κ1) is 18.9. The third-order valence-electron chi connectivity index (χ3n) is 4.57. The predicted octanol–water partition coefficient (Wildman–Crippen LogP) is 6.04. The first-order chi connectivity index (χ1) is 12.8. The molecule has 0 aliphatic rings. The lowest BCUT2D eigenvalue weighted by atomic mass is 9.80. The van der Waals surface area contributed by atoms with E-state index in [0.717, 1.165) is 12.1 Å². The number of halogens is 3. The zero-order valence-corrected chi connectivity index (χ0v) is 14.6. The van der Waals surface area contributed by atoms with Gasteiger partial charge in [-0.05, 0) is 34.4 Å². The maximum absolute atomic E-state index is 13.0. The second-order valence-corrected chi connectivity index (χ2v) is 6.45. The van der Waals surface area contributed by atoms with Gasteiger partial charge in [-0.2, -0.15) is 13.2 Å². The van der Waals surface area contributed by atoms with Crippen molar-refractivity contribution in [3.63, 3.8) is 0 Å². The van der Waals surface area contributed by atoms with Gasteiger partial charge in [0.1, 0.15) is 5.60 Å². The standard InChI is InChI=1S/C23H19F3O/c1-17(18-9-8-14-21(15-18)23(24,25)26)16-22(27,19-10-4-2-5-11-19)20-12-6-3-7-13-20/h2-15,27H,1,16H2. The van der Waals surface area contributed by atoms with Gasteiger partial charge in [0, 0.05) is 6.42 Å². The summed E-state index contributed by atoms with van der Waals surface area (Å²) in [6.45, 7) is 3.96. The van der Waals surface area contributed by atoms with Crippen LogP contribution in [0.15, 0.2) is 91.5 Å². The van der Waals surface area contributed by atoms with Gasteiger partial charge in [0.25, 0.3) is 0 Å². The van der Waals surface area contributed by atoms with Crippen molar-refractivity contribution >= 4 is 5.57 Å². The Labute approximate surface area is 156 Å². The fourth-order valence-corrected chi connectivity index (χ4v) is 3.12. The van der Waals surface area contributed by atoms with Crippen LogP contribution in [0.25, 0.3) is 5.57 Å². The van der Waals surface area contributed by atoms with Crippen molar-refractivity contribution in [3.8, 4) is 0 Å². The van der Waals surface area contributed by atoms with Gasteiger partial charge in [-0.1, -0.05) is 79.4 Å². The summed E-state index contributed by atoms with van der Waals surface area (Å²) in [7, 11) is 0. The number of alkyl halides is 3. The second kappa shape index (κ2) is 7.41. The first-order valence-electron chi connectivity index (χ1n) is 8.49. The van der Waals surface area contributed by atoms with Crippen LogP contribution in [0.3, 0.4) is 0 Å². The molecule has 0 aromatic heterocycles. The molecule has 0 aliphatic heterocycles. The highest BCUT2D eigenvalue weighted by Crippen LogP contribution is 2.39. The Hall–Kier alpha value is -2.85. The van der Waals surface area contributed by atoms with Crippen molar-refractivity contribution < 1.29 is 18.3 Å². The van der Waals surface area contributed by atoms with Gasteiger partial charge < -0.3 is 5.11 Å². The molecule has 3 aromatic carbocycles. The first-order valence-corrected chi connectivity index (χ1v) is 8.49. The van der Waals surface area contributed by atoms with Crippen LogP contribution in [0, 0.1) is 0 Å². The fraction of sp³-hybridized carbons (Fsp3) is 0.130. The lowest BCUT2D eigenvalue weighted by molar-refractivity contribution is -0.137. The van der Waals surface area contributed by atoms with Crippen LogP contribution in [-0.4, -0.2) is 5.11 Å². The number of hydrogen-bond donors (Lipinski definition) is 1. The summed E-state index contributed by atoms with van der Waals surface area (Å²) in [5, 5.41) is 11.5. The van der Waals surface area contributed by atoms with E-state index >= 15 is 0 Å². The molecule has 3 rings (SSSR count). The molecule has 0 amide bonds. The van der Waals surface area contributed by atoms with Crippen LogP contribution in [-0.2, 0) is 11.8 Å². The Balaban J connectivity index is 2.00. The normalized spacial score (nSPS) is 12.0. The predicted molar refractivity (Wildman–Crippen MR) is 101 cm³/mol. The van der Waals surface area contributed by atoms with E-state index in [4.69, 9.17) is 0 Å². The van der Waals surface area contributed by atoms with E-state index < -0.39 is 17.3 Å². The molecule has 1 N–H and O–H groups in total. The van der Waals surface area contributed by atoms with Crippen molar-refractivity contribution in [2.75, 3.05) is 0 Å². The molecule has 0 saturated heterocycles. The molecule has 0 bridgehead atoms. The van der Waals surface area contributed by atoms with E-state index in [2.05, 4.69) is 6.58 Å². The quantitative estimate of drug-likeness (QED) is 0.582. The van der Waals surface area contributed by atoms with E-state index in [1.165, 1.54) is 6.07 Å². The lowest BCUT2D eigenvalue weighted by Crippen LogP contribution is -2.27. The smallest absolute Gasteiger partial charge is 0.380 e. The Morgan fingerprint density at radius 2 is 1.22 bits per heavy atom. The molecule has 0 radical (unpaired) electrons. The number of aliphatic hydroxyl groups is 1. The summed E-state index contributed by atoms with van der Waals surface area (Å²) < 4.78 is 39.1. The fourth-order valence-electron chi connectivity index (χ4n) is 3.12. The van der Waals surface area contributed by atoms with Gasteiger partial charge in [0.2, 0.25) is 0 Å². The zero-order valence-electron chi connectivity index (χ0n) is 14.6. The molecule has 0 fully saturated rings. The topological polar surface area (TPSA) is 20.2 Å². The molecule has 0 heterocycles. The monoisotopic (exact) mass is 368 g/mol. The van der Waals surface area contributed by atoms with E-state index in [-0.39, 0.29) is 6.42 Å². The number of rotatable bonds is 5. The van der Waals surface area contributed by atoms with Gasteiger partial charge in [-0.3, -0.25) is 0 Å². The van der Waals surface area contributed by atoms with Crippen molar-refractivity contribution in [2.45, 2.75) is 18.2 Å². The van der Waals surface area contributed by atoms with Crippen molar-refractivity contribution in [1.82, 2.24) is 0 Å². The molecule has 0 spiro atoms. The van der Waals surface area contributed by atoms with E-state index in [1.807, 2.05) is 36.4 Å². The zero-order chi connectivity index (χ0) is 19.5. The average molecular weight is 368 g/mol. The number of benzene rings is 3. The molecule has 0 atom stereocenters. The summed E-state index contributed by atoms with van der Waals surface area (Å²) in [5.74, 6) is 0. The highest BCUT2D eigenvalue weighted by molar-refractivity contribution is 5.66. The Kier molecular flexibility index (Phi) is 5.19. The summed E-state index contributed by atoms with van der Waals surface area (Å²) in [5.41, 5.74) is -0.0300. The molecule has 0 unspecified atom stereocenters. The summed E-state index contributed by atoms with van der Waals surface area (Å²) in [4.78, 5) is 0. The molecule has 4 heteroatoms. The molecular weight excluding hydrogens is 349 g/mol. The van der Waals surface area contributed by atoms with Crippen molar-refractivity contribution in [2.24, 2.45) is 0 Å². The van der Waals surface area contributed by atoms with Gasteiger partial charge in [0.05, 0.1) is 5.56 Å². The van der Waals surface area contributed by atoms with Crippen LogP contribution >= 0.6 is 0 Å². The van der Waals surface area contributed by atoms with Gasteiger partial charge >= 0.3 is 6.18 Å². The molecule has 27 heavy (non-hydrogen) atoms. The van der Waals surface area contributed by atoms with Gasteiger partial charge in [-0.15, -0.1) is 0 Å². The number of hydrogen-bond acceptors (Lipinski definition) is 1. The molecule has 0 saturated carbocycles. The summed E-state index contributed by atoms with van der Waals surface area (Å²) in [6, 6.07) is 23.2. The Morgan fingerprint density at radius 1 is 0.741 bits per heavy atom. The lowest BCUT2D eigenvalue weighted by Gasteiger charge is -2.30. The van der Waals surface area contributed by atoms with Gasteiger partial charge in [-0.25, -0.2) is 0 Å². The Morgan fingerprint density at radius 3 is 1.70 bits per heavy atom. The molecular formula is C23H19F3O. The van der Waals surface area contributed by atoms with E-state index in [1.54, 1.807) is 30.3 Å². The van der Waals surface area contributed by atoms with E-state index in [9.17, 15) is 18.3 Å². The molecule has 138 valence electrons. The van der Waals surface area contributed by atoms with Crippen LogP contribution in [0.4, 0.5) is 13.2 Å². The third kappa shape index (κ3) is 4.12. The van der Waals surface area contributed by atoms with Gasteiger partial charge in [0.15, 0.2) is 0 Å². The molecule has 3 aromatic rings. The molecule has 0 aliphatic carbocycles. The highest BCUT2D eigenvalue weighted by atomic mass is 19.4. The summed E-state index contributed by atoms with van der Waals surface area (Å²) in [6.07, 6.45) is -4.35. The van der Waals surface area contributed by atoms with Crippen molar-refractivity contribution in [3.05, 3.63) is 114 Å². The summed E-state index contributed by atoms with van der Waals surface area (Å²) >= 11 is 0. The SMILES string of the molecule is C=C(CC(O)(c1ccccc1)c1ccccc1)c1cccc(C(F)(F)F)c1. The molecule has 1 nitrogen and oxygen atoms in total. The third-order valence-corrected chi connectivity index (χ3v) is 4.57. The van der Waals surface area contributed by atoms with Crippen LogP contribution in [0.1, 0.15) is 28.7 Å². The average Bonchev–Trinajstić information content (AvgIpc) is 2.68. The van der Waals surface area contributed by atoms with Crippen LogP contribution < -0.4 is 0 Å². The largest absolute Gasteiger partial charge is 0.416 e. The van der Waals surface area contributed by atoms with Crippen molar-refractivity contribution in [1.29, 1.82) is 0 Å². The van der Waals surface area contributed by atoms with Crippen LogP contribution in [0.5, 0.6) is 0 Å². The Bertz CT molecular complexity index is 876. The van der Waals surface area contributed by atoms with E-state index in [0.29, 0.717) is 22.3 Å². The second-order valence-electron chi connectivity index (χ2n) is 6.45. The maximum Gasteiger partial charge on any atom is 0.416 e. The van der Waals surface area contributed by atoms with Crippen LogP contribution in [0.2, 0.25) is 0 Å².